The van der Waals surface area contributed by atoms with E-state index in [1.165, 1.54) is 0 Å². The Labute approximate surface area is 85.0 Å². The second-order valence-electron chi connectivity index (χ2n) is 3.23. The molecule has 0 heterocycles. The van der Waals surface area contributed by atoms with Gasteiger partial charge in [-0.25, -0.2) is 0 Å². The normalized spacial score (nSPS) is 9.79. The van der Waals surface area contributed by atoms with Crippen molar-refractivity contribution in [2.45, 2.75) is 19.8 Å². The maximum Gasteiger partial charge on any atom is 0.192 e. The first-order valence-electron chi connectivity index (χ1n) is 4.92. The summed E-state index contributed by atoms with van der Waals surface area (Å²) in [7, 11) is 0. The first-order chi connectivity index (χ1) is 6.75. The van der Waals surface area contributed by atoms with Crippen molar-refractivity contribution in [3.63, 3.8) is 0 Å². The number of nitrogens with two attached hydrogens (primary N) is 1. The molecule has 0 saturated carbocycles. The van der Waals surface area contributed by atoms with E-state index in [9.17, 15) is 0 Å². The molecule has 0 spiro atoms. The van der Waals surface area contributed by atoms with E-state index in [0.717, 1.165) is 25.1 Å². The molecule has 0 aliphatic rings. The summed E-state index contributed by atoms with van der Waals surface area (Å²) in [6, 6.07) is 9.81. The van der Waals surface area contributed by atoms with Gasteiger partial charge in [0.2, 0.25) is 0 Å². The Bertz CT molecular complexity index is 282. The van der Waals surface area contributed by atoms with E-state index < -0.39 is 0 Å². The van der Waals surface area contributed by atoms with Crippen molar-refractivity contribution in [1.29, 1.82) is 5.41 Å². The zero-order chi connectivity index (χ0) is 10.4. The maximum atomic E-state index is 7.47. The lowest BCUT2D eigenvalue weighted by molar-refractivity contribution is 0.791. The Morgan fingerprint density at radius 3 is 2.50 bits per heavy atom. The van der Waals surface area contributed by atoms with Crippen LogP contribution in [0.4, 0.5) is 5.69 Å². The summed E-state index contributed by atoms with van der Waals surface area (Å²) >= 11 is 0. The highest BCUT2D eigenvalue weighted by Gasteiger charge is 2.07. The van der Waals surface area contributed by atoms with E-state index >= 15 is 0 Å². The number of unbranched alkanes of at least 4 members (excludes halogenated alkanes) is 1. The topological polar surface area (TPSA) is 53.1 Å². The van der Waals surface area contributed by atoms with E-state index in [0.29, 0.717) is 0 Å². The summed E-state index contributed by atoms with van der Waals surface area (Å²) in [5.41, 5.74) is 6.51. The highest BCUT2D eigenvalue weighted by Crippen LogP contribution is 2.13. The summed E-state index contributed by atoms with van der Waals surface area (Å²) in [6.45, 7) is 2.94. The van der Waals surface area contributed by atoms with Crippen LogP contribution in [-0.2, 0) is 0 Å². The SMILES string of the molecule is CCCCN(C(=N)N)c1ccccc1. The third-order valence-electron chi connectivity index (χ3n) is 2.09. The molecule has 3 nitrogen and oxygen atoms in total. The summed E-state index contributed by atoms with van der Waals surface area (Å²) in [5, 5.41) is 7.47. The van der Waals surface area contributed by atoms with Gasteiger partial charge in [-0.3, -0.25) is 5.41 Å². The number of nitrogens with zero attached hydrogens (tertiary/aromatic N) is 1. The first kappa shape index (κ1) is 10.6. The van der Waals surface area contributed by atoms with Gasteiger partial charge in [0.25, 0.3) is 0 Å². The smallest absolute Gasteiger partial charge is 0.192 e. The molecule has 0 amide bonds. The van der Waals surface area contributed by atoms with Crippen LogP contribution in [0, 0.1) is 5.41 Å². The number of hydrogen-bond donors (Lipinski definition) is 2. The van der Waals surface area contributed by atoms with Gasteiger partial charge in [0.15, 0.2) is 5.96 Å². The van der Waals surface area contributed by atoms with Crippen molar-refractivity contribution < 1.29 is 0 Å². The third-order valence-corrected chi connectivity index (χ3v) is 2.09. The Balaban J connectivity index is 2.73. The van der Waals surface area contributed by atoms with E-state index in [2.05, 4.69) is 6.92 Å². The first-order valence-corrected chi connectivity index (χ1v) is 4.92. The van der Waals surface area contributed by atoms with Crippen molar-refractivity contribution in [3.05, 3.63) is 30.3 Å². The number of para-hydroxylation sites is 1. The van der Waals surface area contributed by atoms with Gasteiger partial charge >= 0.3 is 0 Å². The van der Waals surface area contributed by atoms with Crippen LogP contribution in [0.2, 0.25) is 0 Å². The summed E-state index contributed by atoms with van der Waals surface area (Å²) < 4.78 is 0. The van der Waals surface area contributed by atoms with Gasteiger partial charge in [-0.05, 0) is 18.6 Å². The molecule has 1 aromatic carbocycles. The van der Waals surface area contributed by atoms with Crippen LogP contribution in [0.1, 0.15) is 19.8 Å². The molecular weight excluding hydrogens is 174 g/mol. The number of hydrogen-bond acceptors (Lipinski definition) is 1. The van der Waals surface area contributed by atoms with Gasteiger partial charge in [0.05, 0.1) is 0 Å². The predicted molar refractivity (Wildman–Crippen MR) is 60.6 cm³/mol. The van der Waals surface area contributed by atoms with Crippen LogP contribution in [0.3, 0.4) is 0 Å². The van der Waals surface area contributed by atoms with Crippen LogP contribution >= 0.6 is 0 Å². The van der Waals surface area contributed by atoms with Crippen molar-refractivity contribution in [2.75, 3.05) is 11.4 Å². The van der Waals surface area contributed by atoms with Crippen molar-refractivity contribution in [3.8, 4) is 0 Å². The molecule has 0 atom stereocenters. The van der Waals surface area contributed by atoms with E-state index in [4.69, 9.17) is 11.1 Å². The molecule has 1 rings (SSSR count). The Kier molecular flexibility index (Phi) is 3.98. The molecule has 0 aliphatic carbocycles. The zero-order valence-corrected chi connectivity index (χ0v) is 8.53. The van der Waals surface area contributed by atoms with Gasteiger partial charge in [0, 0.05) is 12.2 Å². The maximum absolute atomic E-state index is 7.47. The largest absolute Gasteiger partial charge is 0.370 e. The average Bonchev–Trinajstić information content (AvgIpc) is 2.19. The summed E-state index contributed by atoms with van der Waals surface area (Å²) in [6.07, 6.45) is 2.16. The molecule has 0 radical (unpaired) electrons. The van der Waals surface area contributed by atoms with Crippen LogP contribution in [0.15, 0.2) is 30.3 Å². The molecule has 3 heteroatoms. The monoisotopic (exact) mass is 191 g/mol. The number of rotatable bonds is 4. The molecule has 0 aliphatic heterocycles. The number of nitrogens with one attached hydrogen (secondary N) is 1. The van der Waals surface area contributed by atoms with Gasteiger partial charge in [-0.15, -0.1) is 0 Å². The Morgan fingerprint density at radius 2 is 2.00 bits per heavy atom. The minimum Gasteiger partial charge on any atom is -0.370 e. The van der Waals surface area contributed by atoms with Gasteiger partial charge < -0.3 is 10.6 Å². The second-order valence-corrected chi connectivity index (χ2v) is 3.23. The molecule has 3 N–H and O–H groups in total. The standard InChI is InChI=1S/C11H17N3/c1-2-3-9-14(11(12)13)10-7-5-4-6-8-10/h4-8H,2-3,9H2,1H3,(H3,12,13). The molecule has 14 heavy (non-hydrogen) atoms. The Morgan fingerprint density at radius 1 is 1.36 bits per heavy atom. The number of benzene rings is 1. The number of guanidine groups is 1. The highest BCUT2D eigenvalue weighted by atomic mass is 15.2. The lowest BCUT2D eigenvalue weighted by Gasteiger charge is -2.22. The predicted octanol–water partition coefficient (Wildman–Crippen LogP) is 2.19. The molecular formula is C11H17N3. The quantitative estimate of drug-likeness (QED) is 0.566. The number of anilines is 1. The van der Waals surface area contributed by atoms with Crippen LogP contribution < -0.4 is 10.6 Å². The van der Waals surface area contributed by atoms with Gasteiger partial charge in [0.1, 0.15) is 0 Å². The minimum absolute atomic E-state index is 0.115. The fourth-order valence-electron chi connectivity index (χ4n) is 1.31. The highest BCUT2D eigenvalue weighted by molar-refractivity contribution is 5.92. The minimum atomic E-state index is 0.115. The van der Waals surface area contributed by atoms with E-state index in [1.54, 1.807) is 0 Å². The lowest BCUT2D eigenvalue weighted by Crippen LogP contribution is -2.37. The summed E-state index contributed by atoms with van der Waals surface area (Å²) in [5.74, 6) is 0.115. The molecule has 76 valence electrons. The van der Waals surface area contributed by atoms with Crippen LogP contribution in [-0.4, -0.2) is 12.5 Å². The van der Waals surface area contributed by atoms with Crippen LogP contribution in [0.5, 0.6) is 0 Å². The molecule has 0 aromatic heterocycles. The van der Waals surface area contributed by atoms with E-state index in [-0.39, 0.29) is 5.96 Å². The molecule has 0 saturated heterocycles. The summed E-state index contributed by atoms with van der Waals surface area (Å²) in [4.78, 5) is 1.82. The third kappa shape index (κ3) is 2.76. The second kappa shape index (κ2) is 5.27. The Hall–Kier alpha value is -1.51. The zero-order valence-electron chi connectivity index (χ0n) is 8.53. The lowest BCUT2D eigenvalue weighted by atomic mass is 10.2. The average molecular weight is 191 g/mol. The van der Waals surface area contributed by atoms with E-state index in [1.807, 2.05) is 35.2 Å². The van der Waals surface area contributed by atoms with Crippen molar-refractivity contribution in [1.82, 2.24) is 0 Å². The fourth-order valence-corrected chi connectivity index (χ4v) is 1.31. The van der Waals surface area contributed by atoms with Crippen molar-refractivity contribution in [2.24, 2.45) is 5.73 Å². The molecule has 1 aromatic rings. The molecule has 0 fully saturated rings. The molecule has 0 unspecified atom stereocenters. The van der Waals surface area contributed by atoms with Crippen LogP contribution in [0.25, 0.3) is 0 Å². The molecule has 0 bridgehead atoms. The van der Waals surface area contributed by atoms with Gasteiger partial charge in [-0.2, -0.15) is 0 Å². The van der Waals surface area contributed by atoms with Gasteiger partial charge in [-0.1, -0.05) is 31.5 Å². The fraction of sp³-hybridized carbons (Fsp3) is 0.364. The van der Waals surface area contributed by atoms with Crippen molar-refractivity contribution >= 4 is 11.6 Å².